The van der Waals surface area contributed by atoms with Crippen LogP contribution < -0.4 is 0 Å². The zero-order valence-electron chi connectivity index (χ0n) is 11.6. The number of phenolic OH excluding ortho intramolecular Hbond substituents is 1. The van der Waals surface area contributed by atoms with Crippen molar-refractivity contribution < 1.29 is 5.11 Å². The van der Waals surface area contributed by atoms with Gasteiger partial charge in [-0.2, -0.15) is 11.3 Å². The van der Waals surface area contributed by atoms with Crippen LogP contribution in [0.5, 0.6) is 5.75 Å². The van der Waals surface area contributed by atoms with Gasteiger partial charge in [0.2, 0.25) is 0 Å². The summed E-state index contributed by atoms with van der Waals surface area (Å²) in [5.41, 5.74) is 4.51. The second kappa shape index (κ2) is 4.84. The Balaban J connectivity index is 2.20. The number of aromatic amines is 1. The molecular weight excluding hydrogens is 266 g/mol. The van der Waals surface area contributed by atoms with Crippen LogP contribution >= 0.6 is 11.3 Å². The molecule has 0 bridgehead atoms. The standard InChI is InChI=1S/C17H17NOS/c1-12-3-8-16(18-12)17(2,14-9-10-20-11-14)13-4-6-15(19)7-5-13/h3-11,18-19H,1-2H3/t17-/m1/s1. The van der Waals surface area contributed by atoms with Gasteiger partial charge in [0, 0.05) is 11.4 Å². The molecule has 0 saturated heterocycles. The van der Waals surface area contributed by atoms with E-state index >= 15 is 0 Å². The molecular formula is C17H17NOS. The number of aromatic hydroxyl groups is 1. The number of H-pyrrole nitrogens is 1. The monoisotopic (exact) mass is 283 g/mol. The summed E-state index contributed by atoms with van der Waals surface area (Å²) in [6, 6.07) is 13.9. The van der Waals surface area contributed by atoms with E-state index < -0.39 is 0 Å². The summed E-state index contributed by atoms with van der Waals surface area (Å²) in [5.74, 6) is 0.295. The van der Waals surface area contributed by atoms with Crippen LogP contribution in [0.3, 0.4) is 0 Å². The van der Waals surface area contributed by atoms with Crippen molar-refractivity contribution in [3.63, 3.8) is 0 Å². The third-order valence-corrected chi connectivity index (χ3v) is 4.60. The normalized spacial score (nSPS) is 14.1. The molecule has 0 radical (unpaired) electrons. The van der Waals surface area contributed by atoms with Crippen LogP contribution in [0.15, 0.2) is 53.2 Å². The summed E-state index contributed by atoms with van der Waals surface area (Å²) in [6.07, 6.45) is 0. The molecule has 20 heavy (non-hydrogen) atoms. The maximum atomic E-state index is 9.52. The predicted molar refractivity (Wildman–Crippen MR) is 83.5 cm³/mol. The molecule has 0 aliphatic carbocycles. The molecule has 0 saturated carbocycles. The first kappa shape index (κ1) is 13.0. The van der Waals surface area contributed by atoms with Gasteiger partial charge in [0.15, 0.2) is 0 Å². The molecule has 2 nitrogen and oxygen atoms in total. The SMILES string of the molecule is Cc1ccc([C@](C)(c2ccc(O)cc2)c2ccsc2)[nH]1. The Labute approximate surface area is 122 Å². The summed E-state index contributed by atoms with van der Waals surface area (Å²) in [5, 5.41) is 13.8. The molecule has 3 heteroatoms. The van der Waals surface area contributed by atoms with Crippen molar-refractivity contribution in [1.82, 2.24) is 4.98 Å². The average molecular weight is 283 g/mol. The first-order chi connectivity index (χ1) is 9.60. The highest BCUT2D eigenvalue weighted by molar-refractivity contribution is 7.08. The molecule has 2 aromatic heterocycles. The minimum absolute atomic E-state index is 0.234. The highest BCUT2D eigenvalue weighted by Gasteiger charge is 2.32. The van der Waals surface area contributed by atoms with E-state index in [-0.39, 0.29) is 5.41 Å². The first-order valence-corrected chi connectivity index (χ1v) is 7.53. The fourth-order valence-electron chi connectivity index (χ4n) is 2.62. The molecule has 0 aliphatic rings. The lowest BCUT2D eigenvalue weighted by molar-refractivity contribution is 0.474. The first-order valence-electron chi connectivity index (χ1n) is 6.59. The topological polar surface area (TPSA) is 36.0 Å². The van der Waals surface area contributed by atoms with Crippen molar-refractivity contribution in [2.24, 2.45) is 0 Å². The van der Waals surface area contributed by atoms with Crippen LogP contribution in [0, 0.1) is 6.92 Å². The number of thiophene rings is 1. The maximum absolute atomic E-state index is 9.52. The maximum Gasteiger partial charge on any atom is 0.115 e. The van der Waals surface area contributed by atoms with Crippen LogP contribution in [0.1, 0.15) is 29.4 Å². The van der Waals surface area contributed by atoms with Crippen molar-refractivity contribution in [2.45, 2.75) is 19.3 Å². The molecule has 0 amide bonds. The van der Waals surface area contributed by atoms with Crippen LogP contribution in [-0.2, 0) is 5.41 Å². The summed E-state index contributed by atoms with van der Waals surface area (Å²) in [4.78, 5) is 3.46. The van der Waals surface area contributed by atoms with E-state index in [0.717, 1.165) is 11.3 Å². The van der Waals surface area contributed by atoms with E-state index in [0.29, 0.717) is 5.75 Å². The Bertz CT molecular complexity index is 697. The number of hydrogen-bond acceptors (Lipinski definition) is 2. The van der Waals surface area contributed by atoms with Crippen molar-refractivity contribution in [1.29, 1.82) is 0 Å². The Morgan fingerprint density at radius 1 is 1.00 bits per heavy atom. The van der Waals surface area contributed by atoms with E-state index in [2.05, 4.69) is 47.8 Å². The molecule has 3 rings (SSSR count). The number of rotatable bonds is 3. The van der Waals surface area contributed by atoms with Gasteiger partial charge in [-0.15, -0.1) is 0 Å². The number of benzene rings is 1. The van der Waals surface area contributed by atoms with Gasteiger partial charge in [-0.25, -0.2) is 0 Å². The third-order valence-electron chi connectivity index (χ3n) is 3.91. The average Bonchev–Trinajstić information content (AvgIpc) is 3.10. The van der Waals surface area contributed by atoms with Gasteiger partial charge in [-0.3, -0.25) is 0 Å². The van der Waals surface area contributed by atoms with Gasteiger partial charge in [0.1, 0.15) is 5.75 Å². The second-order valence-electron chi connectivity index (χ2n) is 5.24. The lowest BCUT2D eigenvalue weighted by atomic mass is 9.75. The Morgan fingerprint density at radius 2 is 1.75 bits per heavy atom. The van der Waals surface area contributed by atoms with Crippen molar-refractivity contribution in [3.05, 3.63) is 75.7 Å². The largest absolute Gasteiger partial charge is 0.508 e. The Morgan fingerprint density at radius 3 is 2.30 bits per heavy atom. The molecule has 2 heterocycles. The van der Waals surface area contributed by atoms with Crippen LogP contribution in [0.25, 0.3) is 0 Å². The van der Waals surface area contributed by atoms with Gasteiger partial charge in [-0.05, 0) is 66.1 Å². The molecule has 0 spiro atoms. The minimum atomic E-state index is -0.234. The third kappa shape index (κ3) is 2.04. The molecule has 0 unspecified atom stereocenters. The van der Waals surface area contributed by atoms with Gasteiger partial charge in [-0.1, -0.05) is 12.1 Å². The zero-order valence-corrected chi connectivity index (χ0v) is 12.4. The van der Waals surface area contributed by atoms with Crippen molar-refractivity contribution in [2.75, 3.05) is 0 Å². The van der Waals surface area contributed by atoms with Crippen molar-refractivity contribution >= 4 is 11.3 Å². The van der Waals surface area contributed by atoms with E-state index in [1.54, 1.807) is 23.5 Å². The predicted octanol–water partition coefficient (Wildman–Crippen LogP) is 4.44. The fraction of sp³-hybridized carbons (Fsp3) is 0.176. The lowest BCUT2D eigenvalue weighted by Gasteiger charge is -2.29. The molecule has 1 aromatic carbocycles. The van der Waals surface area contributed by atoms with E-state index in [1.807, 2.05) is 12.1 Å². The van der Waals surface area contributed by atoms with E-state index in [9.17, 15) is 5.11 Å². The Hall–Kier alpha value is -2.00. The van der Waals surface area contributed by atoms with E-state index in [4.69, 9.17) is 0 Å². The molecule has 102 valence electrons. The molecule has 0 aliphatic heterocycles. The summed E-state index contributed by atoms with van der Waals surface area (Å²) in [7, 11) is 0. The zero-order chi connectivity index (χ0) is 14.2. The number of aryl methyl sites for hydroxylation is 1. The van der Waals surface area contributed by atoms with Gasteiger partial charge in [0.25, 0.3) is 0 Å². The Kier molecular flexibility index (Phi) is 3.14. The lowest BCUT2D eigenvalue weighted by Crippen LogP contribution is -2.25. The highest BCUT2D eigenvalue weighted by atomic mass is 32.1. The van der Waals surface area contributed by atoms with Gasteiger partial charge < -0.3 is 10.1 Å². The van der Waals surface area contributed by atoms with Crippen LogP contribution in [0.4, 0.5) is 0 Å². The van der Waals surface area contributed by atoms with Crippen molar-refractivity contribution in [3.8, 4) is 5.75 Å². The number of aromatic nitrogens is 1. The molecule has 0 fully saturated rings. The van der Waals surface area contributed by atoms with E-state index in [1.165, 1.54) is 11.3 Å². The molecule has 1 atom stereocenters. The van der Waals surface area contributed by atoms with Gasteiger partial charge in [0.05, 0.1) is 5.41 Å². The quantitative estimate of drug-likeness (QED) is 0.732. The summed E-state index contributed by atoms with van der Waals surface area (Å²) < 4.78 is 0. The summed E-state index contributed by atoms with van der Waals surface area (Å²) >= 11 is 1.70. The molecule has 2 N–H and O–H groups in total. The fourth-order valence-corrected chi connectivity index (χ4v) is 3.38. The van der Waals surface area contributed by atoms with Crippen LogP contribution in [0.2, 0.25) is 0 Å². The number of phenols is 1. The minimum Gasteiger partial charge on any atom is -0.508 e. The van der Waals surface area contributed by atoms with Crippen LogP contribution in [-0.4, -0.2) is 10.1 Å². The smallest absolute Gasteiger partial charge is 0.115 e. The number of hydrogen-bond donors (Lipinski definition) is 2. The highest BCUT2D eigenvalue weighted by Crippen LogP contribution is 2.39. The van der Waals surface area contributed by atoms with Gasteiger partial charge >= 0.3 is 0 Å². The number of nitrogens with one attached hydrogen (secondary N) is 1. The second-order valence-corrected chi connectivity index (χ2v) is 6.02. The molecule has 3 aromatic rings. The summed E-state index contributed by atoms with van der Waals surface area (Å²) in [6.45, 7) is 4.28.